The van der Waals surface area contributed by atoms with Crippen LogP contribution >= 0.6 is 0 Å². The molecule has 0 aliphatic carbocycles. The summed E-state index contributed by atoms with van der Waals surface area (Å²) in [6, 6.07) is 19.2. The first kappa shape index (κ1) is 21.9. The van der Waals surface area contributed by atoms with Crippen molar-refractivity contribution >= 4 is 27.3 Å². The fourth-order valence-corrected chi connectivity index (χ4v) is 6.38. The van der Waals surface area contributed by atoms with Gasteiger partial charge in [-0.05, 0) is 66.8 Å². The largest absolute Gasteiger partial charge is 0.295 e. The third-order valence-corrected chi connectivity index (χ3v) is 7.99. The van der Waals surface area contributed by atoms with Crippen molar-refractivity contribution in [2.75, 3.05) is 0 Å². The smallest absolute Gasteiger partial charge is 0.224 e. The number of benzene rings is 3. The van der Waals surface area contributed by atoms with Gasteiger partial charge in [0.1, 0.15) is 11.2 Å². The molecule has 0 fully saturated rings. The van der Waals surface area contributed by atoms with Gasteiger partial charge in [-0.15, -0.1) is 0 Å². The zero-order valence-electron chi connectivity index (χ0n) is 26.9. The van der Waals surface area contributed by atoms with Gasteiger partial charge in [0.25, 0.3) is 5.65 Å². The van der Waals surface area contributed by atoms with Crippen molar-refractivity contribution in [3.63, 3.8) is 0 Å². The molecule has 0 aliphatic rings. The minimum absolute atomic E-state index is 0.212. The van der Waals surface area contributed by atoms with E-state index in [1.165, 1.54) is 33.6 Å². The SMILES string of the molecule is [2H]C([2H])([2H])c1cccc2c1c1cccc(C(C)C)c1c1n(C(C)C)c(C)c(-c3c(C(C)C)cccc3C(C)C)[n+]21. The van der Waals surface area contributed by atoms with Gasteiger partial charge >= 0.3 is 0 Å². The van der Waals surface area contributed by atoms with Crippen molar-refractivity contribution < 1.29 is 8.51 Å². The Morgan fingerprint density at radius 3 is 1.84 bits per heavy atom. The monoisotopic (exact) mass is 494 g/mol. The number of hydrogen-bond donors (Lipinski definition) is 0. The van der Waals surface area contributed by atoms with E-state index in [4.69, 9.17) is 4.11 Å². The minimum Gasteiger partial charge on any atom is -0.224 e. The number of fused-ring (bicyclic) bond motifs is 6. The number of nitrogens with zero attached hydrogens (tertiary/aromatic N) is 2. The van der Waals surface area contributed by atoms with E-state index in [9.17, 15) is 0 Å². The lowest BCUT2D eigenvalue weighted by molar-refractivity contribution is -0.467. The maximum absolute atomic E-state index is 8.51. The summed E-state index contributed by atoms with van der Waals surface area (Å²) in [5, 5.41) is 2.99. The lowest BCUT2D eigenvalue weighted by Crippen LogP contribution is -2.26. The van der Waals surface area contributed by atoms with Gasteiger partial charge in [0.15, 0.2) is 5.69 Å². The van der Waals surface area contributed by atoms with Crippen LogP contribution in [0.5, 0.6) is 0 Å². The first-order chi connectivity index (χ1) is 18.8. The molecule has 0 amide bonds. The minimum atomic E-state index is -2.23. The van der Waals surface area contributed by atoms with E-state index >= 15 is 0 Å². The number of rotatable bonds is 5. The number of imidazole rings is 1. The molecule has 3 aromatic carbocycles. The first-order valence-electron chi connectivity index (χ1n) is 15.3. The predicted molar refractivity (Wildman–Crippen MR) is 160 cm³/mol. The molecule has 0 aliphatic heterocycles. The topological polar surface area (TPSA) is 9.03 Å². The normalized spacial score (nSPS) is 14.0. The van der Waals surface area contributed by atoms with Gasteiger partial charge in [-0.25, -0.2) is 4.57 Å². The molecular weight excluding hydrogens is 448 g/mol. The fourth-order valence-electron chi connectivity index (χ4n) is 6.38. The zero-order chi connectivity index (χ0) is 29.3. The molecule has 0 saturated carbocycles. The highest BCUT2D eigenvalue weighted by Gasteiger charge is 2.34. The molecular formula is C35H43N2+. The number of hydrogen-bond acceptors (Lipinski definition) is 0. The molecule has 5 rings (SSSR count). The van der Waals surface area contributed by atoms with Crippen LogP contribution in [-0.2, 0) is 0 Å². The van der Waals surface area contributed by atoms with Gasteiger partial charge in [-0.1, -0.05) is 90.1 Å². The maximum Gasteiger partial charge on any atom is 0.295 e. The van der Waals surface area contributed by atoms with Crippen LogP contribution in [0.1, 0.15) is 111 Å². The third-order valence-electron chi connectivity index (χ3n) is 7.99. The molecule has 37 heavy (non-hydrogen) atoms. The standard InChI is InChI=1S/C35H43N2/c1-20(2)26-15-12-16-27(21(3)4)32(26)34-25(10)36(23(7)8)35-33-28(22(5)6)17-13-18-29(33)31-24(9)14-11-19-30(31)37(34)35/h11-23H,1-10H3/q+1/i9D3. The number of pyridine rings is 1. The van der Waals surface area contributed by atoms with E-state index in [1.807, 2.05) is 6.07 Å². The summed E-state index contributed by atoms with van der Waals surface area (Å²) in [6.07, 6.45) is 0. The molecule has 0 atom stereocenters. The Morgan fingerprint density at radius 2 is 1.27 bits per heavy atom. The predicted octanol–water partition coefficient (Wildman–Crippen LogP) is 9.77. The molecule has 0 radical (unpaired) electrons. The number of aromatic nitrogens is 2. The Kier molecular flexibility index (Phi) is 5.52. The van der Waals surface area contributed by atoms with Gasteiger partial charge < -0.3 is 0 Å². The van der Waals surface area contributed by atoms with Gasteiger partial charge in [0.2, 0.25) is 0 Å². The summed E-state index contributed by atoms with van der Waals surface area (Å²) in [7, 11) is 0. The molecule has 5 aromatic rings. The van der Waals surface area contributed by atoms with Crippen molar-refractivity contribution in [2.24, 2.45) is 0 Å². The van der Waals surface area contributed by atoms with Gasteiger partial charge in [0, 0.05) is 27.4 Å². The van der Waals surface area contributed by atoms with E-state index in [-0.39, 0.29) is 12.0 Å². The summed E-state index contributed by atoms with van der Waals surface area (Å²) >= 11 is 0. The molecule has 0 saturated heterocycles. The van der Waals surface area contributed by atoms with E-state index in [0.29, 0.717) is 17.4 Å². The van der Waals surface area contributed by atoms with Gasteiger partial charge in [-0.3, -0.25) is 0 Å². The average molecular weight is 495 g/mol. The highest BCUT2D eigenvalue weighted by molar-refractivity contribution is 6.12. The Morgan fingerprint density at radius 1 is 0.703 bits per heavy atom. The van der Waals surface area contributed by atoms with Crippen LogP contribution in [0.4, 0.5) is 0 Å². The summed E-state index contributed by atoms with van der Waals surface area (Å²) < 4.78 is 30.4. The van der Waals surface area contributed by atoms with Crippen molar-refractivity contribution in [3.05, 3.63) is 82.5 Å². The zero-order valence-corrected chi connectivity index (χ0v) is 23.9. The van der Waals surface area contributed by atoms with E-state index in [1.54, 1.807) is 6.07 Å². The molecule has 0 spiro atoms. The van der Waals surface area contributed by atoms with E-state index in [0.717, 1.165) is 27.3 Å². The summed E-state index contributed by atoms with van der Waals surface area (Å²) in [4.78, 5) is 0. The molecule has 2 heterocycles. The lowest BCUT2D eigenvalue weighted by atomic mass is 9.86. The average Bonchev–Trinajstić information content (AvgIpc) is 3.19. The Hall–Kier alpha value is -3.13. The fraction of sp³-hybridized carbons (Fsp3) is 0.400. The summed E-state index contributed by atoms with van der Waals surface area (Å²) in [5.41, 5.74) is 10.0. The van der Waals surface area contributed by atoms with Crippen LogP contribution in [0.2, 0.25) is 0 Å². The third kappa shape index (κ3) is 3.79. The Bertz CT molecular complexity index is 1720. The van der Waals surface area contributed by atoms with Crippen LogP contribution in [0.25, 0.3) is 38.6 Å². The lowest BCUT2D eigenvalue weighted by Gasteiger charge is -2.19. The van der Waals surface area contributed by atoms with Crippen molar-refractivity contribution in [2.45, 2.75) is 93.0 Å². The molecule has 2 heteroatoms. The van der Waals surface area contributed by atoms with Crippen molar-refractivity contribution in [1.29, 1.82) is 0 Å². The van der Waals surface area contributed by atoms with Crippen molar-refractivity contribution in [3.8, 4) is 11.3 Å². The Balaban J connectivity index is 2.22. The van der Waals surface area contributed by atoms with E-state index < -0.39 is 6.85 Å². The molecule has 0 unspecified atom stereocenters. The first-order valence-corrected chi connectivity index (χ1v) is 13.8. The van der Waals surface area contributed by atoms with Crippen LogP contribution < -0.4 is 4.40 Å². The van der Waals surface area contributed by atoms with Crippen LogP contribution in [0.15, 0.2) is 54.6 Å². The van der Waals surface area contributed by atoms with Crippen LogP contribution in [-0.4, -0.2) is 4.57 Å². The van der Waals surface area contributed by atoms with Crippen LogP contribution in [0, 0.1) is 13.8 Å². The molecule has 192 valence electrons. The molecule has 0 bridgehead atoms. The highest BCUT2D eigenvalue weighted by Crippen LogP contribution is 2.41. The number of aryl methyl sites for hydroxylation is 1. The molecule has 0 N–H and O–H groups in total. The van der Waals surface area contributed by atoms with E-state index in [2.05, 4.69) is 114 Å². The molecule has 2 nitrogen and oxygen atoms in total. The van der Waals surface area contributed by atoms with Gasteiger partial charge in [-0.2, -0.15) is 4.40 Å². The second-order valence-corrected chi connectivity index (χ2v) is 11.8. The summed E-state index contributed by atoms with van der Waals surface area (Å²) in [5.74, 6) is 0.947. The summed E-state index contributed by atoms with van der Waals surface area (Å²) in [6.45, 7) is 18.0. The second kappa shape index (κ2) is 9.31. The van der Waals surface area contributed by atoms with Crippen LogP contribution in [0.3, 0.4) is 0 Å². The highest BCUT2D eigenvalue weighted by atomic mass is 15.2. The second-order valence-electron chi connectivity index (χ2n) is 11.8. The quantitative estimate of drug-likeness (QED) is 0.170. The molecule has 2 aromatic heterocycles. The Labute approximate surface area is 227 Å². The van der Waals surface area contributed by atoms with Gasteiger partial charge in [0.05, 0.1) is 11.4 Å². The maximum atomic E-state index is 8.51. The van der Waals surface area contributed by atoms with Crippen molar-refractivity contribution in [1.82, 2.24) is 4.57 Å².